The molecule has 0 radical (unpaired) electrons. The first-order valence-corrected chi connectivity index (χ1v) is 9.34. The Kier molecular flexibility index (Phi) is 6.62. The number of morpholine rings is 1. The molecule has 5 nitrogen and oxygen atoms in total. The lowest BCUT2D eigenvalue weighted by Crippen LogP contribution is -2.39. The number of amides is 1. The fourth-order valence-corrected chi connectivity index (χ4v) is 3.29. The molecule has 0 atom stereocenters. The summed E-state index contributed by atoms with van der Waals surface area (Å²) in [7, 11) is 0. The van der Waals surface area contributed by atoms with Crippen molar-refractivity contribution in [3.05, 3.63) is 60.4 Å². The van der Waals surface area contributed by atoms with Crippen LogP contribution in [0.25, 0.3) is 0 Å². The summed E-state index contributed by atoms with van der Waals surface area (Å²) >= 11 is 1.39. The second kappa shape index (κ2) is 9.35. The van der Waals surface area contributed by atoms with Crippen molar-refractivity contribution < 1.29 is 13.9 Å². The Morgan fingerprint density at radius 2 is 1.81 bits per heavy atom. The Labute approximate surface area is 156 Å². The number of carbonyl (C=O) groups is 1. The number of para-hydroxylation sites is 1. The van der Waals surface area contributed by atoms with Crippen LogP contribution in [0.1, 0.15) is 0 Å². The van der Waals surface area contributed by atoms with E-state index in [2.05, 4.69) is 10.2 Å². The third-order valence-corrected chi connectivity index (χ3v) is 4.74. The lowest BCUT2D eigenvalue weighted by atomic mass is 10.3. The topological polar surface area (TPSA) is 53.9 Å². The monoisotopic (exact) mass is 373 g/mol. The Hall–Kier alpha value is -2.38. The zero-order valence-corrected chi connectivity index (χ0v) is 15.0. The van der Waals surface area contributed by atoms with Crippen molar-refractivity contribution in [2.45, 2.75) is 0 Å². The maximum absolute atomic E-state index is 12.9. The highest BCUT2D eigenvalue weighted by Crippen LogP contribution is 2.19. The SMILES string of the molecule is O=C(CSC(=Nc1ccccc1)N1CCOCC1)Nc1ccc(F)cc1. The first-order chi connectivity index (χ1) is 12.7. The van der Waals surface area contributed by atoms with Gasteiger partial charge in [0, 0.05) is 18.8 Å². The van der Waals surface area contributed by atoms with Crippen molar-refractivity contribution in [2.24, 2.45) is 4.99 Å². The molecule has 1 aliphatic heterocycles. The van der Waals surface area contributed by atoms with E-state index in [-0.39, 0.29) is 17.5 Å². The number of aliphatic imine (C=N–C) groups is 1. The number of carbonyl (C=O) groups excluding carboxylic acids is 1. The molecule has 0 spiro atoms. The fraction of sp³-hybridized carbons (Fsp3) is 0.263. The minimum Gasteiger partial charge on any atom is -0.378 e. The number of nitrogens with one attached hydrogen (secondary N) is 1. The van der Waals surface area contributed by atoms with Crippen LogP contribution in [0.15, 0.2) is 59.6 Å². The van der Waals surface area contributed by atoms with Crippen LogP contribution in [0.2, 0.25) is 0 Å². The van der Waals surface area contributed by atoms with Crippen LogP contribution in [0, 0.1) is 5.82 Å². The van der Waals surface area contributed by atoms with Gasteiger partial charge in [0.05, 0.1) is 24.7 Å². The molecule has 0 bridgehead atoms. The summed E-state index contributed by atoms with van der Waals surface area (Å²) in [5.74, 6) is -0.266. The molecule has 0 aromatic heterocycles. The van der Waals surface area contributed by atoms with E-state index in [1.807, 2.05) is 30.3 Å². The van der Waals surface area contributed by atoms with Crippen molar-refractivity contribution in [2.75, 3.05) is 37.4 Å². The van der Waals surface area contributed by atoms with E-state index < -0.39 is 0 Å². The van der Waals surface area contributed by atoms with Gasteiger partial charge < -0.3 is 15.0 Å². The van der Waals surface area contributed by atoms with Crippen LogP contribution in [0.3, 0.4) is 0 Å². The third-order valence-electron chi connectivity index (χ3n) is 3.72. The molecule has 1 saturated heterocycles. The van der Waals surface area contributed by atoms with Gasteiger partial charge >= 0.3 is 0 Å². The zero-order valence-electron chi connectivity index (χ0n) is 14.2. The summed E-state index contributed by atoms with van der Waals surface area (Å²) in [5.41, 5.74) is 1.42. The maximum Gasteiger partial charge on any atom is 0.234 e. The van der Waals surface area contributed by atoms with E-state index in [4.69, 9.17) is 9.73 Å². The molecule has 1 fully saturated rings. The van der Waals surface area contributed by atoms with Crippen molar-refractivity contribution in [3.8, 4) is 0 Å². The second-order valence-electron chi connectivity index (χ2n) is 5.67. The van der Waals surface area contributed by atoms with Gasteiger partial charge in [-0.3, -0.25) is 4.79 Å². The summed E-state index contributed by atoms with van der Waals surface area (Å²) in [6.45, 7) is 2.79. The lowest BCUT2D eigenvalue weighted by molar-refractivity contribution is -0.113. The largest absolute Gasteiger partial charge is 0.378 e. The summed E-state index contributed by atoms with van der Waals surface area (Å²) in [6.07, 6.45) is 0. The van der Waals surface area contributed by atoms with Crippen LogP contribution < -0.4 is 5.32 Å². The van der Waals surface area contributed by atoms with Crippen LogP contribution >= 0.6 is 11.8 Å². The zero-order chi connectivity index (χ0) is 18.2. The van der Waals surface area contributed by atoms with Gasteiger partial charge in [-0.2, -0.15) is 0 Å². The predicted octanol–water partition coefficient (Wildman–Crippen LogP) is 3.52. The summed E-state index contributed by atoms with van der Waals surface area (Å²) in [4.78, 5) is 19.0. The Balaban J connectivity index is 1.64. The number of amidine groups is 1. The summed E-state index contributed by atoms with van der Waals surface area (Å²) < 4.78 is 18.3. The van der Waals surface area contributed by atoms with E-state index in [1.54, 1.807) is 12.1 Å². The minimum atomic E-state index is -0.332. The fourth-order valence-electron chi connectivity index (χ4n) is 2.42. The molecule has 2 aromatic carbocycles. The van der Waals surface area contributed by atoms with Gasteiger partial charge in [-0.15, -0.1) is 0 Å². The molecule has 7 heteroatoms. The molecule has 0 unspecified atom stereocenters. The molecule has 1 N–H and O–H groups in total. The smallest absolute Gasteiger partial charge is 0.234 e. The van der Waals surface area contributed by atoms with E-state index in [1.165, 1.54) is 23.9 Å². The molecule has 2 aromatic rings. The van der Waals surface area contributed by atoms with Gasteiger partial charge in [0.25, 0.3) is 0 Å². The molecule has 26 heavy (non-hydrogen) atoms. The highest BCUT2D eigenvalue weighted by atomic mass is 32.2. The van der Waals surface area contributed by atoms with Gasteiger partial charge in [-0.25, -0.2) is 9.38 Å². The van der Waals surface area contributed by atoms with Crippen molar-refractivity contribution in [1.29, 1.82) is 0 Å². The maximum atomic E-state index is 12.9. The summed E-state index contributed by atoms with van der Waals surface area (Å²) in [6, 6.07) is 15.4. The molecule has 1 aliphatic rings. The Morgan fingerprint density at radius 1 is 1.12 bits per heavy atom. The van der Waals surface area contributed by atoms with Crippen LogP contribution in [0.4, 0.5) is 15.8 Å². The standard InChI is InChI=1S/C19H20FN3O2S/c20-15-6-8-17(9-7-15)21-18(24)14-26-19(23-10-12-25-13-11-23)22-16-4-2-1-3-5-16/h1-9H,10-14H2,(H,21,24). The van der Waals surface area contributed by atoms with Crippen LogP contribution in [-0.2, 0) is 9.53 Å². The van der Waals surface area contributed by atoms with Gasteiger partial charge in [-0.1, -0.05) is 30.0 Å². The number of hydrogen-bond donors (Lipinski definition) is 1. The van der Waals surface area contributed by atoms with E-state index in [9.17, 15) is 9.18 Å². The number of nitrogens with zero attached hydrogens (tertiary/aromatic N) is 2. The number of ether oxygens (including phenoxy) is 1. The molecule has 0 saturated carbocycles. The number of benzene rings is 2. The van der Waals surface area contributed by atoms with Gasteiger partial charge in [-0.05, 0) is 36.4 Å². The van der Waals surface area contributed by atoms with E-state index >= 15 is 0 Å². The van der Waals surface area contributed by atoms with Crippen molar-refractivity contribution >= 4 is 34.2 Å². The molecule has 3 rings (SSSR count). The first-order valence-electron chi connectivity index (χ1n) is 8.35. The summed E-state index contributed by atoms with van der Waals surface area (Å²) in [5, 5.41) is 3.57. The third kappa shape index (κ3) is 5.57. The van der Waals surface area contributed by atoms with Gasteiger partial charge in [0.15, 0.2) is 5.17 Å². The van der Waals surface area contributed by atoms with Crippen molar-refractivity contribution in [1.82, 2.24) is 4.90 Å². The Bertz CT molecular complexity index is 747. The van der Waals surface area contributed by atoms with Crippen LogP contribution in [0.5, 0.6) is 0 Å². The predicted molar refractivity (Wildman–Crippen MR) is 103 cm³/mol. The molecular weight excluding hydrogens is 353 g/mol. The quantitative estimate of drug-likeness (QED) is 0.658. The van der Waals surface area contributed by atoms with E-state index in [0.717, 1.165) is 23.9 Å². The normalized spacial score (nSPS) is 15.0. The molecule has 1 amide bonds. The van der Waals surface area contributed by atoms with E-state index in [0.29, 0.717) is 18.9 Å². The average molecular weight is 373 g/mol. The number of anilines is 1. The van der Waals surface area contributed by atoms with Gasteiger partial charge in [0.2, 0.25) is 5.91 Å². The Morgan fingerprint density at radius 3 is 2.50 bits per heavy atom. The molecular formula is C19H20FN3O2S. The molecule has 136 valence electrons. The number of hydrogen-bond acceptors (Lipinski definition) is 4. The van der Waals surface area contributed by atoms with Gasteiger partial charge in [0.1, 0.15) is 5.82 Å². The number of thioether (sulfide) groups is 1. The van der Waals surface area contributed by atoms with Crippen LogP contribution in [-0.4, -0.2) is 48.0 Å². The lowest BCUT2D eigenvalue weighted by Gasteiger charge is -2.29. The average Bonchev–Trinajstić information content (AvgIpc) is 2.68. The van der Waals surface area contributed by atoms with Crippen molar-refractivity contribution in [3.63, 3.8) is 0 Å². The molecule has 0 aliphatic carbocycles. The molecule has 1 heterocycles. The highest BCUT2D eigenvalue weighted by Gasteiger charge is 2.17. The highest BCUT2D eigenvalue weighted by molar-refractivity contribution is 8.14. The first kappa shape index (κ1) is 18.4. The minimum absolute atomic E-state index is 0.157. The second-order valence-corrected chi connectivity index (χ2v) is 6.62. The number of halogens is 1. The number of rotatable bonds is 4.